The van der Waals surface area contributed by atoms with Crippen LogP contribution < -0.4 is 5.32 Å². The lowest BCUT2D eigenvalue weighted by molar-refractivity contribution is 0.281. The van der Waals surface area contributed by atoms with E-state index < -0.39 is 0 Å². The molecule has 3 rings (SSSR count). The van der Waals surface area contributed by atoms with Gasteiger partial charge in [-0.1, -0.05) is 54.2 Å². The van der Waals surface area contributed by atoms with Crippen molar-refractivity contribution in [3.05, 3.63) is 64.7 Å². The first-order chi connectivity index (χ1) is 12.1. The Labute approximate surface area is 160 Å². The van der Waals surface area contributed by atoms with E-state index in [1.165, 1.54) is 31.2 Å². The van der Waals surface area contributed by atoms with Gasteiger partial charge >= 0.3 is 0 Å². The van der Waals surface area contributed by atoms with E-state index in [1.54, 1.807) is 0 Å². The predicted molar refractivity (Wildman–Crippen MR) is 109 cm³/mol. The Bertz CT molecular complexity index is 708. The van der Waals surface area contributed by atoms with E-state index >= 15 is 0 Å². The highest BCUT2D eigenvalue weighted by Gasteiger charge is 2.23. The van der Waals surface area contributed by atoms with Crippen LogP contribution in [0.2, 0.25) is 5.02 Å². The van der Waals surface area contributed by atoms with Crippen LogP contribution in [0.15, 0.2) is 48.5 Å². The van der Waals surface area contributed by atoms with Crippen molar-refractivity contribution in [2.45, 2.75) is 44.6 Å². The number of rotatable bonds is 5. The van der Waals surface area contributed by atoms with Gasteiger partial charge in [0.15, 0.2) is 0 Å². The number of nitrogens with one attached hydrogen (secondary N) is 1. The second-order valence-corrected chi connectivity index (χ2v) is 7.81. The Kier molecular flexibility index (Phi) is 6.46. The van der Waals surface area contributed by atoms with Crippen molar-refractivity contribution in [2.24, 2.45) is 5.92 Å². The highest BCUT2D eigenvalue weighted by molar-refractivity contribution is 7.80. The van der Waals surface area contributed by atoms with Gasteiger partial charge in [0.2, 0.25) is 0 Å². The average molecular weight is 374 g/mol. The van der Waals surface area contributed by atoms with Crippen molar-refractivity contribution in [2.75, 3.05) is 5.32 Å². The van der Waals surface area contributed by atoms with E-state index in [1.807, 2.05) is 36.4 Å². The monoisotopic (exact) mass is 373 g/mol. The van der Waals surface area contributed by atoms with Crippen LogP contribution in [0.3, 0.4) is 0 Å². The molecule has 0 atom stereocenters. The molecular formula is C21H24ClNOS. The molecule has 0 aliphatic heterocycles. The quantitative estimate of drug-likeness (QED) is 0.636. The highest BCUT2D eigenvalue weighted by Crippen LogP contribution is 2.37. The van der Waals surface area contributed by atoms with Gasteiger partial charge in [0.25, 0.3) is 0 Å². The van der Waals surface area contributed by atoms with Crippen molar-refractivity contribution in [1.29, 1.82) is 0 Å². The van der Waals surface area contributed by atoms with Crippen molar-refractivity contribution in [3.63, 3.8) is 0 Å². The molecule has 1 saturated carbocycles. The number of hydrogen-bond donors (Lipinski definition) is 2. The van der Waals surface area contributed by atoms with Gasteiger partial charge in [-0.2, -0.15) is 0 Å². The zero-order valence-corrected chi connectivity index (χ0v) is 15.8. The van der Waals surface area contributed by atoms with E-state index in [4.69, 9.17) is 28.9 Å². The fourth-order valence-corrected chi connectivity index (χ4v) is 4.18. The molecule has 2 N–H and O–H groups in total. The Hall–Kier alpha value is -1.42. The molecule has 1 aliphatic rings. The Morgan fingerprint density at radius 3 is 2.44 bits per heavy atom. The number of aliphatic hydroxyl groups excluding tert-OH is 1. The Morgan fingerprint density at radius 1 is 1.08 bits per heavy atom. The summed E-state index contributed by atoms with van der Waals surface area (Å²) in [7, 11) is 0. The summed E-state index contributed by atoms with van der Waals surface area (Å²) in [6.07, 6.45) is 5.79. The molecule has 0 bridgehead atoms. The van der Waals surface area contributed by atoms with Gasteiger partial charge in [-0.05, 0) is 66.8 Å². The fraction of sp³-hybridized carbons (Fsp3) is 0.381. The summed E-state index contributed by atoms with van der Waals surface area (Å²) >= 11 is 11.5. The molecule has 2 aromatic carbocycles. The van der Waals surface area contributed by atoms with E-state index in [0.717, 1.165) is 27.7 Å². The van der Waals surface area contributed by atoms with Crippen LogP contribution in [0.25, 0.3) is 0 Å². The molecule has 0 spiro atoms. The second-order valence-electron chi connectivity index (χ2n) is 6.88. The maximum Gasteiger partial charge on any atom is 0.0800 e. The normalized spacial score (nSPS) is 20.2. The molecule has 0 amide bonds. The van der Waals surface area contributed by atoms with Gasteiger partial charge in [-0.25, -0.2) is 0 Å². The number of thiocarbonyl (C=S) groups is 1. The summed E-state index contributed by atoms with van der Waals surface area (Å²) in [5, 5.41) is 13.2. The molecule has 0 heterocycles. The molecule has 0 saturated heterocycles. The summed E-state index contributed by atoms with van der Waals surface area (Å²) in [5.41, 5.74) is 3.35. The molecule has 25 heavy (non-hydrogen) atoms. The Balaban J connectivity index is 1.47. The maximum atomic E-state index is 9.15. The fourth-order valence-electron chi connectivity index (χ4n) is 3.64. The molecule has 0 radical (unpaired) electrons. The van der Waals surface area contributed by atoms with Gasteiger partial charge < -0.3 is 10.4 Å². The van der Waals surface area contributed by atoms with Gasteiger partial charge in [0, 0.05) is 17.1 Å². The maximum absolute atomic E-state index is 9.15. The molecule has 1 aliphatic carbocycles. The van der Waals surface area contributed by atoms with Gasteiger partial charge in [0.05, 0.1) is 11.6 Å². The smallest absolute Gasteiger partial charge is 0.0800 e. The number of anilines is 1. The molecular weight excluding hydrogens is 350 g/mol. The third kappa shape index (κ3) is 5.27. The lowest BCUT2D eigenvalue weighted by atomic mass is 9.77. The third-order valence-electron chi connectivity index (χ3n) is 5.06. The summed E-state index contributed by atoms with van der Waals surface area (Å²) in [6, 6.07) is 16.1. The minimum atomic E-state index is 0.115. The first kappa shape index (κ1) is 18.4. The van der Waals surface area contributed by atoms with E-state index in [9.17, 15) is 0 Å². The van der Waals surface area contributed by atoms with Crippen LogP contribution in [-0.2, 0) is 6.61 Å². The first-order valence-corrected chi connectivity index (χ1v) is 9.68. The SMILES string of the molecule is OCc1ccc([C@H]2CC[C@@H](CC(=S)Nc3cccc(Cl)c3)CC2)cc1. The van der Waals surface area contributed by atoms with Crippen LogP contribution in [0, 0.1) is 5.92 Å². The predicted octanol–water partition coefficient (Wildman–Crippen LogP) is 5.94. The number of hydrogen-bond acceptors (Lipinski definition) is 2. The average Bonchev–Trinajstić information content (AvgIpc) is 2.62. The molecule has 2 nitrogen and oxygen atoms in total. The zero-order valence-electron chi connectivity index (χ0n) is 14.2. The largest absolute Gasteiger partial charge is 0.392 e. The summed E-state index contributed by atoms with van der Waals surface area (Å²) < 4.78 is 0. The van der Waals surface area contributed by atoms with Crippen molar-refractivity contribution in [3.8, 4) is 0 Å². The minimum absolute atomic E-state index is 0.115. The van der Waals surface area contributed by atoms with Gasteiger partial charge in [0.1, 0.15) is 0 Å². The Morgan fingerprint density at radius 2 is 1.80 bits per heavy atom. The summed E-state index contributed by atoms with van der Waals surface area (Å²) in [6.45, 7) is 0.115. The lowest BCUT2D eigenvalue weighted by Gasteiger charge is -2.29. The molecule has 0 aromatic heterocycles. The van der Waals surface area contributed by atoms with Crippen LogP contribution in [0.1, 0.15) is 49.1 Å². The topological polar surface area (TPSA) is 32.3 Å². The van der Waals surface area contributed by atoms with Crippen LogP contribution >= 0.6 is 23.8 Å². The van der Waals surface area contributed by atoms with Crippen molar-refractivity contribution in [1.82, 2.24) is 0 Å². The summed E-state index contributed by atoms with van der Waals surface area (Å²) in [4.78, 5) is 0.901. The molecule has 4 heteroatoms. The van der Waals surface area contributed by atoms with E-state index in [2.05, 4.69) is 17.4 Å². The number of benzene rings is 2. The minimum Gasteiger partial charge on any atom is -0.392 e. The molecule has 2 aromatic rings. The zero-order chi connectivity index (χ0) is 17.6. The van der Waals surface area contributed by atoms with Crippen LogP contribution in [-0.4, -0.2) is 10.1 Å². The van der Waals surface area contributed by atoms with E-state index in [0.29, 0.717) is 11.8 Å². The highest BCUT2D eigenvalue weighted by atomic mass is 35.5. The number of halogens is 1. The lowest BCUT2D eigenvalue weighted by Crippen LogP contribution is -2.19. The number of aliphatic hydroxyl groups is 1. The van der Waals surface area contributed by atoms with Gasteiger partial charge in [-0.3, -0.25) is 0 Å². The first-order valence-electron chi connectivity index (χ1n) is 8.89. The molecule has 0 unspecified atom stereocenters. The second kappa shape index (κ2) is 8.79. The van der Waals surface area contributed by atoms with Crippen molar-refractivity contribution < 1.29 is 5.11 Å². The standard InChI is InChI=1S/C21H24ClNOS/c22-19-2-1-3-20(13-19)23-21(25)12-15-4-8-17(9-5-15)18-10-6-16(14-24)7-11-18/h1-3,6-7,10-11,13,15,17,24H,4-5,8-9,12,14H2,(H,23,25)/t15-,17+. The van der Waals surface area contributed by atoms with Crippen LogP contribution in [0.4, 0.5) is 5.69 Å². The third-order valence-corrected chi connectivity index (χ3v) is 5.57. The summed E-state index contributed by atoms with van der Waals surface area (Å²) in [5.74, 6) is 1.30. The van der Waals surface area contributed by atoms with Crippen LogP contribution in [0.5, 0.6) is 0 Å². The molecule has 1 fully saturated rings. The van der Waals surface area contributed by atoms with E-state index in [-0.39, 0.29) is 6.61 Å². The molecule has 132 valence electrons. The van der Waals surface area contributed by atoms with Gasteiger partial charge in [-0.15, -0.1) is 0 Å². The van der Waals surface area contributed by atoms with Crippen molar-refractivity contribution >= 4 is 34.5 Å².